The number of carboxylic acid groups (broad SMARTS) is 1. The number of aliphatic hydroxyl groups is 1. The van der Waals surface area contributed by atoms with Gasteiger partial charge in [0.05, 0.1) is 6.61 Å². The number of aliphatic imine (C=N–C) groups is 1. The van der Waals surface area contributed by atoms with Crippen LogP contribution in [0.2, 0.25) is 0 Å². The molecule has 3 rings (SSSR count). The molecule has 36 heavy (non-hydrogen) atoms. The third-order valence-electron chi connectivity index (χ3n) is 5.19. The fraction of sp³-hybridized carbons (Fsp3) is 0.280. The van der Waals surface area contributed by atoms with Gasteiger partial charge in [-0.2, -0.15) is 0 Å². The Morgan fingerprint density at radius 2 is 1.64 bits per heavy atom. The molecule has 0 saturated heterocycles. The molecule has 0 radical (unpaired) electrons. The number of carbonyl (C=O) groups excluding carboxylic acids is 2. The number of hydrogen-bond donors (Lipinski definition) is 7. The van der Waals surface area contributed by atoms with Gasteiger partial charge in [-0.1, -0.05) is 30.3 Å². The number of aliphatic hydroxyl groups excluding tert-OH is 1. The van der Waals surface area contributed by atoms with Crippen molar-refractivity contribution in [1.29, 1.82) is 0 Å². The molecule has 1 heterocycles. The fourth-order valence-electron chi connectivity index (χ4n) is 3.41. The van der Waals surface area contributed by atoms with E-state index >= 15 is 0 Å². The highest BCUT2D eigenvalue weighted by molar-refractivity contribution is 6.00. The summed E-state index contributed by atoms with van der Waals surface area (Å²) in [5.74, 6) is -1.38. The molecule has 3 aromatic rings. The number of anilines is 1. The summed E-state index contributed by atoms with van der Waals surface area (Å²) < 4.78 is 0. The van der Waals surface area contributed by atoms with Crippen molar-refractivity contribution < 1.29 is 24.6 Å². The minimum Gasteiger partial charge on any atom is -0.481 e. The first-order valence-electron chi connectivity index (χ1n) is 11.4. The summed E-state index contributed by atoms with van der Waals surface area (Å²) in [5, 5.41) is 21.4. The number of amides is 2. The average molecular weight is 497 g/mol. The highest BCUT2D eigenvalue weighted by atomic mass is 16.4. The third-order valence-corrected chi connectivity index (χ3v) is 5.19. The molecule has 11 heteroatoms. The minimum absolute atomic E-state index is 0.0624. The third kappa shape index (κ3) is 9.11. The van der Waals surface area contributed by atoms with E-state index in [4.69, 9.17) is 27.4 Å². The molecular formula is C25H32N6O5. The predicted octanol–water partition coefficient (Wildman–Crippen LogP) is 1.85. The molecule has 0 atom stereocenters. The maximum Gasteiger partial charge on any atom is 0.303 e. The molecule has 0 fully saturated rings. The number of para-hydroxylation sites is 1. The second kappa shape index (κ2) is 14.1. The number of H-pyrrole nitrogens is 1. The van der Waals surface area contributed by atoms with Gasteiger partial charge < -0.3 is 37.7 Å². The Hall–Kier alpha value is -4.38. The SMILES string of the molecule is NC(=O)c1[nH]c2ccccc2c1CO.NC(N)=NCCCCC(=O)Nc1ccc(CCC(=O)O)cc1. The smallest absolute Gasteiger partial charge is 0.303 e. The molecule has 0 bridgehead atoms. The summed E-state index contributed by atoms with van der Waals surface area (Å²) in [4.78, 5) is 40.0. The summed E-state index contributed by atoms with van der Waals surface area (Å²) in [5.41, 5.74) is 18.9. The summed E-state index contributed by atoms with van der Waals surface area (Å²) in [6.07, 6.45) is 2.44. The van der Waals surface area contributed by atoms with Crippen LogP contribution in [0, 0.1) is 0 Å². The summed E-state index contributed by atoms with van der Waals surface area (Å²) >= 11 is 0. The Kier molecular flexibility index (Phi) is 10.9. The van der Waals surface area contributed by atoms with Crippen molar-refractivity contribution in [3.63, 3.8) is 0 Å². The van der Waals surface area contributed by atoms with Crippen LogP contribution >= 0.6 is 0 Å². The molecule has 0 saturated carbocycles. The van der Waals surface area contributed by atoms with Crippen LogP contribution in [0.4, 0.5) is 5.69 Å². The number of hydrogen-bond acceptors (Lipinski definition) is 5. The number of guanidine groups is 1. The molecule has 0 aliphatic heterocycles. The van der Waals surface area contributed by atoms with E-state index in [0.717, 1.165) is 22.9 Å². The van der Waals surface area contributed by atoms with E-state index < -0.39 is 11.9 Å². The molecule has 11 nitrogen and oxygen atoms in total. The molecular weight excluding hydrogens is 464 g/mol. The lowest BCUT2D eigenvalue weighted by Gasteiger charge is -2.06. The number of unbranched alkanes of at least 4 members (excludes halogenated alkanes) is 1. The minimum atomic E-state index is -0.821. The van der Waals surface area contributed by atoms with Crippen molar-refractivity contribution in [2.24, 2.45) is 22.2 Å². The van der Waals surface area contributed by atoms with Gasteiger partial charge in [0.25, 0.3) is 5.91 Å². The number of fused-ring (bicyclic) bond motifs is 1. The molecule has 2 amide bonds. The van der Waals surface area contributed by atoms with Crippen LogP contribution in [0.5, 0.6) is 0 Å². The maximum atomic E-state index is 11.7. The van der Waals surface area contributed by atoms with Crippen LogP contribution < -0.4 is 22.5 Å². The number of carboxylic acids is 1. The molecule has 10 N–H and O–H groups in total. The van der Waals surface area contributed by atoms with Crippen molar-refractivity contribution in [3.8, 4) is 0 Å². The van der Waals surface area contributed by atoms with E-state index in [-0.39, 0.29) is 30.6 Å². The largest absolute Gasteiger partial charge is 0.481 e. The summed E-state index contributed by atoms with van der Waals surface area (Å²) in [6, 6.07) is 14.5. The second-order valence-electron chi connectivity index (χ2n) is 7.95. The van der Waals surface area contributed by atoms with Gasteiger partial charge in [0, 0.05) is 41.5 Å². The number of nitrogens with one attached hydrogen (secondary N) is 2. The predicted molar refractivity (Wildman–Crippen MR) is 138 cm³/mol. The van der Waals surface area contributed by atoms with Crippen LogP contribution in [0.15, 0.2) is 53.5 Å². The first kappa shape index (κ1) is 27.9. The van der Waals surface area contributed by atoms with Crippen LogP contribution in [0.1, 0.15) is 47.3 Å². The molecule has 0 aliphatic carbocycles. The number of primary amides is 1. The number of nitrogens with two attached hydrogens (primary N) is 3. The molecule has 192 valence electrons. The lowest BCUT2D eigenvalue weighted by atomic mass is 10.1. The summed E-state index contributed by atoms with van der Waals surface area (Å²) in [6.45, 7) is 0.330. The van der Waals surface area contributed by atoms with Crippen LogP contribution in [0.3, 0.4) is 0 Å². The number of aliphatic carboxylic acids is 1. The van der Waals surface area contributed by atoms with E-state index in [0.29, 0.717) is 37.1 Å². The zero-order valence-electron chi connectivity index (χ0n) is 19.9. The number of nitrogens with zero attached hydrogens (tertiary/aromatic N) is 1. The fourth-order valence-corrected chi connectivity index (χ4v) is 3.41. The van der Waals surface area contributed by atoms with E-state index in [1.165, 1.54) is 0 Å². The van der Waals surface area contributed by atoms with Crippen molar-refractivity contribution in [2.75, 3.05) is 11.9 Å². The molecule has 0 aliphatic rings. The standard InChI is InChI=1S/C15H22N4O3.C10H10N2O2/c16-15(17)18-10-2-1-3-13(20)19-12-7-4-11(5-8-12)6-9-14(21)22;11-10(14)9-7(5-13)6-3-1-2-4-8(6)12-9/h4-5,7-8H,1-3,6,9-10H2,(H,19,20)(H,21,22)(H4,16,17,18);1-4,12-13H,5H2,(H2,11,14). The van der Waals surface area contributed by atoms with E-state index in [2.05, 4.69) is 15.3 Å². The van der Waals surface area contributed by atoms with Gasteiger partial charge in [0.1, 0.15) is 5.69 Å². The first-order valence-corrected chi connectivity index (χ1v) is 11.4. The normalized spacial score (nSPS) is 10.2. The Morgan fingerprint density at radius 3 is 2.25 bits per heavy atom. The van der Waals surface area contributed by atoms with Crippen molar-refractivity contribution >= 4 is 40.3 Å². The van der Waals surface area contributed by atoms with Gasteiger partial charge in [-0.15, -0.1) is 0 Å². The highest BCUT2D eigenvalue weighted by Crippen LogP contribution is 2.21. The lowest BCUT2D eigenvalue weighted by Crippen LogP contribution is -2.23. The number of benzene rings is 2. The second-order valence-corrected chi connectivity index (χ2v) is 7.95. The zero-order valence-corrected chi connectivity index (χ0v) is 19.9. The van der Waals surface area contributed by atoms with E-state index in [1.807, 2.05) is 36.4 Å². The number of aromatic amines is 1. The monoisotopic (exact) mass is 496 g/mol. The average Bonchev–Trinajstić information content (AvgIpc) is 3.23. The zero-order chi connectivity index (χ0) is 26.5. The summed E-state index contributed by atoms with van der Waals surface area (Å²) in [7, 11) is 0. The number of aryl methyl sites for hydroxylation is 1. The van der Waals surface area contributed by atoms with E-state index in [9.17, 15) is 14.4 Å². The van der Waals surface area contributed by atoms with Crippen LogP contribution in [-0.4, -0.2) is 45.5 Å². The number of aromatic nitrogens is 1. The maximum absolute atomic E-state index is 11.7. The molecule has 0 unspecified atom stereocenters. The highest BCUT2D eigenvalue weighted by Gasteiger charge is 2.13. The Bertz CT molecular complexity index is 1200. The number of rotatable bonds is 11. The van der Waals surface area contributed by atoms with Gasteiger partial charge in [-0.3, -0.25) is 19.4 Å². The number of carbonyl (C=O) groups is 3. The van der Waals surface area contributed by atoms with Gasteiger partial charge >= 0.3 is 5.97 Å². The Labute approximate surface area is 208 Å². The van der Waals surface area contributed by atoms with Gasteiger partial charge in [-0.05, 0) is 43.0 Å². The van der Waals surface area contributed by atoms with Crippen molar-refractivity contribution in [3.05, 3.63) is 65.4 Å². The topological polar surface area (TPSA) is 210 Å². The van der Waals surface area contributed by atoms with Gasteiger partial charge in [0.15, 0.2) is 5.96 Å². The lowest BCUT2D eigenvalue weighted by molar-refractivity contribution is -0.137. The van der Waals surface area contributed by atoms with Crippen LogP contribution in [0.25, 0.3) is 10.9 Å². The Balaban J connectivity index is 0.000000278. The van der Waals surface area contributed by atoms with Crippen molar-refractivity contribution in [1.82, 2.24) is 4.98 Å². The van der Waals surface area contributed by atoms with Crippen LogP contribution in [-0.2, 0) is 22.6 Å². The molecule has 2 aromatic carbocycles. The molecule has 1 aromatic heterocycles. The quantitative estimate of drug-likeness (QED) is 0.119. The first-order chi connectivity index (χ1) is 17.2. The molecule has 0 spiro atoms. The Morgan fingerprint density at radius 1 is 0.944 bits per heavy atom. The van der Waals surface area contributed by atoms with Gasteiger partial charge in [-0.25, -0.2) is 0 Å². The van der Waals surface area contributed by atoms with Gasteiger partial charge in [0.2, 0.25) is 5.91 Å². The van der Waals surface area contributed by atoms with E-state index in [1.54, 1.807) is 12.1 Å². The van der Waals surface area contributed by atoms with Crippen molar-refractivity contribution in [2.45, 2.75) is 38.7 Å².